The smallest absolute Gasteiger partial charge is 0.349 e. The predicted octanol–water partition coefficient (Wildman–Crippen LogP) is 3.62. The average molecular weight is 482 g/mol. The highest BCUT2D eigenvalue weighted by Crippen LogP contribution is 2.33. The number of ether oxygens (including phenoxy) is 1. The summed E-state index contributed by atoms with van der Waals surface area (Å²) in [5.74, 6) is -1.79. The Kier molecular flexibility index (Phi) is 5.95. The van der Waals surface area contributed by atoms with E-state index in [4.69, 9.17) is 10.5 Å². The minimum atomic E-state index is -1.02. The second kappa shape index (κ2) is 7.56. The van der Waals surface area contributed by atoms with E-state index in [1.54, 1.807) is 11.4 Å². The van der Waals surface area contributed by atoms with Gasteiger partial charge in [-0.15, -0.1) is 22.7 Å². The van der Waals surface area contributed by atoms with Crippen LogP contribution in [0.15, 0.2) is 25.8 Å². The molecule has 0 spiro atoms. The highest BCUT2D eigenvalue weighted by Gasteiger charge is 2.22. The molecule has 6 nitrogen and oxygen atoms in total. The maximum absolute atomic E-state index is 12.1. The van der Waals surface area contributed by atoms with Crippen LogP contribution in [0.4, 0.5) is 5.00 Å². The van der Waals surface area contributed by atoms with Crippen LogP contribution in [0.25, 0.3) is 0 Å². The van der Waals surface area contributed by atoms with E-state index in [0.717, 1.165) is 19.6 Å². The van der Waals surface area contributed by atoms with Gasteiger partial charge in [0.15, 0.2) is 6.10 Å². The first-order valence-electron chi connectivity index (χ1n) is 6.13. The quantitative estimate of drug-likeness (QED) is 0.637. The zero-order chi connectivity index (χ0) is 17.1. The number of halogens is 2. The number of nitrogens with one attached hydrogen (secondary N) is 1. The van der Waals surface area contributed by atoms with E-state index in [2.05, 4.69) is 37.2 Å². The van der Waals surface area contributed by atoms with Gasteiger partial charge < -0.3 is 15.8 Å². The molecule has 3 N–H and O–H groups in total. The van der Waals surface area contributed by atoms with Gasteiger partial charge in [-0.25, -0.2) is 4.79 Å². The Labute approximate surface area is 156 Å². The van der Waals surface area contributed by atoms with Gasteiger partial charge in [0, 0.05) is 4.47 Å². The maximum Gasteiger partial charge on any atom is 0.349 e. The fourth-order valence-corrected chi connectivity index (χ4v) is 4.25. The Bertz CT molecular complexity index is 752. The van der Waals surface area contributed by atoms with Crippen molar-refractivity contribution in [1.82, 2.24) is 0 Å². The summed E-state index contributed by atoms with van der Waals surface area (Å²) in [6.45, 7) is 1.45. The Balaban J connectivity index is 2.01. The third kappa shape index (κ3) is 4.40. The first-order chi connectivity index (χ1) is 10.8. The molecular weight excluding hydrogens is 472 g/mol. The van der Waals surface area contributed by atoms with Gasteiger partial charge >= 0.3 is 5.97 Å². The van der Waals surface area contributed by atoms with Crippen LogP contribution in [0.1, 0.15) is 27.0 Å². The van der Waals surface area contributed by atoms with Crippen LogP contribution < -0.4 is 11.1 Å². The molecule has 2 aromatic heterocycles. The predicted molar refractivity (Wildman–Crippen MR) is 96.1 cm³/mol. The number of esters is 1. The standard InChI is InChI=1S/C13H10Br2N2O4S2/c1-5(21-13(20)8-4-7(14)9(15)23-8)11(19)17-12-6(10(16)18)2-3-22-12/h2-5H,1H3,(H2,16,18)(H,17,19). The van der Waals surface area contributed by atoms with Gasteiger partial charge in [0.25, 0.3) is 11.8 Å². The Morgan fingerprint density at radius 1 is 1.35 bits per heavy atom. The molecule has 0 aromatic carbocycles. The summed E-state index contributed by atoms with van der Waals surface area (Å²) in [7, 11) is 0. The number of thiophene rings is 2. The van der Waals surface area contributed by atoms with E-state index < -0.39 is 23.9 Å². The Morgan fingerprint density at radius 2 is 2.04 bits per heavy atom. The number of rotatable bonds is 5. The molecule has 0 saturated heterocycles. The van der Waals surface area contributed by atoms with E-state index in [9.17, 15) is 14.4 Å². The molecule has 1 atom stereocenters. The van der Waals surface area contributed by atoms with Crippen LogP contribution in [0.3, 0.4) is 0 Å². The van der Waals surface area contributed by atoms with Crippen LogP contribution in [-0.2, 0) is 9.53 Å². The summed E-state index contributed by atoms with van der Waals surface area (Å²) in [4.78, 5) is 35.6. The molecule has 2 amide bonds. The van der Waals surface area contributed by atoms with Crippen molar-refractivity contribution in [2.75, 3.05) is 5.32 Å². The van der Waals surface area contributed by atoms with Gasteiger partial charge in [0.1, 0.15) is 9.88 Å². The third-order valence-corrected chi connectivity index (χ3v) is 6.73. The lowest BCUT2D eigenvalue weighted by Crippen LogP contribution is -2.30. The second-order valence-corrected chi connectivity index (χ2v) is 8.44. The van der Waals surface area contributed by atoms with Crippen LogP contribution in [0.2, 0.25) is 0 Å². The topological polar surface area (TPSA) is 98.5 Å². The summed E-state index contributed by atoms with van der Waals surface area (Å²) >= 11 is 8.91. The fourth-order valence-electron chi connectivity index (χ4n) is 1.53. The zero-order valence-corrected chi connectivity index (χ0v) is 16.4. The lowest BCUT2D eigenvalue weighted by Gasteiger charge is -2.12. The number of anilines is 1. The van der Waals surface area contributed by atoms with Crippen LogP contribution in [-0.4, -0.2) is 23.9 Å². The average Bonchev–Trinajstić information content (AvgIpc) is 3.06. The zero-order valence-electron chi connectivity index (χ0n) is 11.6. The highest BCUT2D eigenvalue weighted by molar-refractivity contribution is 9.13. The molecule has 10 heteroatoms. The third-order valence-electron chi connectivity index (χ3n) is 2.67. The molecular formula is C13H10Br2N2O4S2. The highest BCUT2D eigenvalue weighted by atomic mass is 79.9. The molecule has 2 heterocycles. The number of carbonyl (C=O) groups excluding carboxylic acids is 3. The van der Waals surface area contributed by atoms with E-state index in [1.165, 1.54) is 24.3 Å². The molecule has 0 radical (unpaired) electrons. The number of amides is 2. The molecule has 0 aliphatic heterocycles. The van der Waals surface area contributed by atoms with E-state index in [-0.39, 0.29) is 5.56 Å². The van der Waals surface area contributed by atoms with Gasteiger partial charge in [0.05, 0.1) is 9.35 Å². The summed E-state index contributed by atoms with van der Waals surface area (Å²) in [5.41, 5.74) is 5.42. The van der Waals surface area contributed by atoms with Gasteiger partial charge in [0.2, 0.25) is 0 Å². The van der Waals surface area contributed by atoms with E-state index >= 15 is 0 Å². The van der Waals surface area contributed by atoms with E-state index in [1.807, 2.05) is 0 Å². The molecule has 2 rings (SSSR count). The number of hydrogen-bond donors (Lipinski definition) is 2. The minimum absolute atomic E-state index is 0.216. The molecule has 23 heavy (non-hydrogen) atoms. The van der Waals surface area contributed by atoms with Crippen molar-refractivity contribution in [2.24, 2.45) is 5.73 Å². The van der Waals surface area contributed by atoms with Gasteiger partial charge in [-0.1, -0.05) is 0 Å². The normalized spacial score (nSPS) is 11.8. The molecule has 122 valence electrons. The van der Waals surface area contributed by atoms with Gasteiger partial charge in [-0.05, 0) is 56.3 Å². The second-order valence-electron chi connectivity index (χ2n) is 4.30. The lowest BCUT2D eigenvalue weighted by molar-refractivity contribution is -0.123. The molecule has 0 saturated carbocycles. The number of primary amides is 1. The number of hydrogen-bond acceptors (Lipinski definition) is 6. The molecule has 0 aliphatic carbocycles. The van der Waals surface area contributed by atoms with Crippen molar-refractivity contribution in [1.29, 1.82) is 0 Å². The summed E-state index contributed by atoms with van der Waals surface area (Å²) in [5, 5.41) is 4.49. The van der Waals surface area contributed by atoms with Gasteiger partial charge in [-0.2, -0.15) is 0 Å². The van der Waals surface area contributed by atoms with Crippen molar-refractivity contribution < 1.29 is 19.1 Å². The summed E-state index contributed by atoms with van der Waals surface area (Å²) in [6, 6.07) is 3.12. The molecule has 2 aromatic rings. The van der Waals surface area contributed by atoms with E-state index in [0.29, 0.717) is 9.88 Å². The van der Waals surface area contributed by atoms with Crippen LogP contribution in [0.5, 0.6) is 0 Å². The van der Waals surface area contributed by atoms with Crippen molar-refractivity contribution in [2.45, 2.75) is 13.0 Å². The molecule has 0 aliphatic rings. The molecule has 0 bridgehead atoms. The first-order valence-corrected chi connectivity index (χ1v) is 9.41. The lowest BCUT2D eigenvalue weighted by atomic mass is 10.3. The van der Waals surface area contributed by atoms with Crippen LogP contribution in [0, 0.1) is 0 Å². The summed E-state index contributed by atoms with van der Waals surface area (Å²) < 4.78 is 6.61. The Hall–Kier alpha value is -1.23. The Morgan fingerprint density at radius 3 is 2.61 bits per heavy atom. The van der Waals surface area contributed by atoms with Crippen molar-refractivity contribution >= 4 is 77.3 Å². The van der Waals surface area contributed by atoms with Crippen LogP contribution >= 0.6 is 54.5 Å². The van der Waals surface area contributed by atoms with Gasteiger partial charge in [-0.3, -0.25) is 9.59 Å². The first kappa shape index (κ1) is 18.1. The fraction of sp³-hybridized carbons (Fsp3) is 0.154. The number of carbonyl (C=O) groups is 3. The maximum atomic E-state index is 12.1. The molecule has 0 fully saturated rings. The van der Waals surface area contributed by atoms with Crippen molar-refractivity contribution in [3.8, 4) is 0 Å². The van der Waals surface area contributed by atoms with Crippen molar-refractivity contribution in [3.05, 3.63) is 36.2 Å². The minimum Gasteiger partial charge on any atom is -0.448 e. The monoisotopic (exact) mass is 480 g/mol. The largest absolute Gasteiger partial charge is 0.448 e. The SMILES string of the molecule is CC(OC(=O)c1cc(Br)c(Br)s1)C(=O)Nc1sccc1C(N)=O. The number of nitrogens with two attached hydrogens (primary N) is 1. The summed E-state index contributed by atoms with van der Waals surface area (Å²) in [6.07, 6.45) is -1.02. The van der Waals surface area contributed by atoms with Crippen molar-refractivity contribution in [3.63, 3.8) is 0 Å². The molecule has 1 unspecified atom stereocenters.